The van der Waals surface area contributed by atoms with E-state index >= 15 is 0 Å². The van der Waals surface area contributed by atoms with E-state index in [0.29, 0.717) is 10.8 Å². The van der Waals surface area contributed by atoms with Gasteiger partial charge in [0.25, 0.3) is 0 Å². The Hall–Kier alpha value is -3.65. The highest BCUT2D eigenvalue weighted by Crippen LogP contribution is 2.43. The molecule has 2 atom stereocenters. The molecule has 0 saturated carbocycles. The zero-order valence-electron chi connectivity index (χ0n) is 19.1. The Morgan fingerprint density at radius 1 is 0.886 bits per heavy atom. The first-order chi connectivity index (χ1) is 16.7. The summed E-state index contributed by atoms with van der Waals surface area (Å²) < 4.78 is 42.1. The molecule has 1 fully saturated rings. The number of nitrogens with one attached hydrogen (secondary N) is 1. The van der Waals surface area contributed by atoms with Crippen molar-refractivity contribution in [3.8, 4) is 5.69 Å². The normalized spacial score (nSPS) is 18.1. The van der Waals surface area contributed by atoms with Crippen LogP contribution < -0.4 is 10.2 Å². The van der Waals surface area contributed by atoms with Crippen molar-refractivity contribution in [2.24, 2.45) is 0 Å². The SMILES string of the molecule is Cc1ccc(N2C(=S)N[C@@H](c3ccccn3)[C@@H]2c2cccn2-c2cccc(C(F)(F)F)c2)cc1C. The Labute approximate surface area is 207 Å². The number of aromatic nitrogens is 2. The molecule has 4 aromatic rings. The van der Waals surface area contributed by atoms with Gasteiger partial charge in [0.15, 0.2) is 5.11 Å². The molecule has 0 spiro atoms. The fourth-order valence-electron chi connectivity index (χ4n) is 4.51. The van der Waals surface area contributed by atoms with Gasteiger partial charge in [0.05, 0.1) is 17.3 Å². The summed E-state index contributed by atoms with van der Waals surface area (Å²) >= 11 is 5.79. The molecule has 4 nitrogen and oxygen atoms in total. The number of halogens is 3. The lowest BCUT2D eigenvalue weighted by Gasteiger charge is -2.29. The first-order valence-corrected chi connectivity index (χ1v) is 11.6. The Balaban J connectivity index is 1.67. The van der Waals surface area contributed by atoms with E-state index in [2.05, 4.69) is 16.4 Å². The largest absolute Gasteiger partial charge is 0.416 e. The van der Waals surface area contributed by atoms with E-state index in [1.807, 2.05) is 61.2 Å². The monoisotopic (exact) mass is 492 g/mol. The molecule has 1 aliphatic heterocycles. The van der Waals surface area contributed by atoms with Crippen LogP contribution >= 0.6 is 12.2 Å². The lowest BCUT2D eigenvalue weighted by atomic mass is 10.00. The van der Waals surface area contributed by atoms with E-state index in [1.165, 1.54) is 12.1 Å². The summed E-state index contributed by atoms with van der Waals surface area (Å²) in [6, 6.07) is 20.3. The van der Waals surface area contributed by atoms with Crippen LogP contribution in [0.5, 0.6) is 0 Å². The first kappa shape index (κ1) is 23.1. The molecule has 1 N–H and O–H groups in total. The summed E-state index contributed by atoms with van der Waals surface area (Å²) in [5.74, 6) is 0. The predicted octanol–water partition coefficient (Wildman–Crippen LogP) is 6.69. The Morgan fingerprint density at radius 2 is 1.71 bits per heavy atom. The lowest BCUT2D eigenvalue weighted by Crippen LogP contribution is -2.30. The third kappa shape index (κ3) is 4.30. The van der Waals surface area contributed by atoms with Crippen LogP contribution in [-0.4, -0.2) is 14.7 Å². The molecule has 1 saturated heterocycles. The quantitative estimate of drug-likeness (QED) is 0.322. The fraction of sp³-hybridized carbons (Fsp3) is 0.185. The molecule has 0 unspecified atom stereocenters. The van der Waals surface area contributed by atoms with Crippen LogP contribution in [0.25, 0.3) is 5.69 Å². The van der Waals surface area contributed by atoms with Gasteiger partial charge >= 0.3 is 6.18 Å². The third-order valence-electron chi connectivity index (χ3n) is 6.40. The first-order valence-electron chi connectivity index (χ1n) is 11.2. The predicted molar refractivity (Wildman–Crippen MR) is 135 cm³/mol. The van der Waals surface area contributed by atoms with E-state index in [4.69, 9.17) is 12.2 Å². The van der Waals surface area contributed by atoms with Crippen LogP contribution in [0.3, 0.4) is 0 Å². The average molecular weight is 493 g/mol. The van der Waals surface area contributed by atoms with E-state index in [9.17, 15) is 13.2 Å². The number of pyridine rings is 1. The number of alkyl halides is 3. The number of aryl methyl sites for hydroxylation is 2. The number of anilines is 1. The number of benzene rings is 2. The number of thiocarbonyl (C=S) groups is 1. The van der Waals surface area contributed by atoms with Crippen molar-refractivity contribution in [3.05, 3.63) is 113 Å². The van der Waals surface area contributed by atoms with Crippen LogP contribution in [0, 0.1) is 13.8 Å². The molecule has 0 aliphatic carbocycles. The Kier molecular flexibility index (Phi) is 5.84. The topological polar surface area (TPSA) is 33.1 Å². The van der Waals surface area contributed by atoms with Gasteiger partial charge in [0.1, 0.15) is 6.04 Å². The van der Waals surface area contributed by atoms with Crippen molar-refractivity contribution in [2.75, 3.05) is 4.90 Å². The minimum absolute atomic E-state index is 0.301. The summed E-state index contributed by atoms with van der Waals surface area (Å²) in [4.78, 5) is 6.59. The van der Waals surface area contributed by atoms with Gasteiger partial charge in [-0.1, -0.05) is 18.2 Å². The number of hydrogen-bond donors (Lipinski definition) is 1. The van der Waals surface area contributed by atoms with E-state index in [0.717, 1.165) is 34.3 Å². The molecule has 2 aromatic carbocycles. The van der Waals surface area contributed by atoms with E-state index in [-0.39, 0.29) is 12.1 Å². The summed E-state index contributed by atoms with van der Waals surface area (Å²) in [5.41, 5.74) is 4.52. The smallest absolute Gasteiger partial charge is 0.351 e. The maximum absolute atomic E-state index is 13.4. The third-order valence-corrected chi connectivity index (χ3v) is 6.72. The van der Waals surface area contributed by atoms with Gasteiger partial charge in [0.2, 0.25) is 0 Å². The molecule has 8 heteroatoms. The zero-order valence-corrected chi connectivity index (χ0v) is 19.9. The number of rotatable bonds is 4. The van der Waals surface area contributed by atoms with Crippen LogP contribution in [0.2, 0.25) is 0 Å². The molecule has 5 rings (SSSR count). The van der Waals surface area contributed by atoms with Crippen LogP contribution in [0.4, 0.5) is 18.9 Å². The molecule has 178 valence electrons. The minimum Gasteiger partial charge on any atom is -0.351 e. The summed E-state index contributed by atoms with van der Waals surface area (Å²) in [6.07, 6.45) is -0.927. The van der Waals surface area contributed by atoms with Gasteiger partial charge in [-0.25, -0.2) is 0 Å². The molecule has 35 heavy (non-hydrogen) atoms. The molecule has 3 heterocycles. The second kappa shape index (κ2) is 8.85. The van der Waals surface area contributed by atoms with Crippen LogP contribution in [0.1, 0.15) is 40.2 Å². The summed E-state index contributed by atoms with van der Waals surface area (Å²) in [5, 5.41) is 3.94. The Morgan fingerprint density at radius 3 is 2.43 bits per heavy atom. The van der Waals surface area contributed by atoms with E-state index < -0.39 is 11.7 Å². The van der Waals surface area contributed by atoms with Crippen molar-refractivity contribution in [3.63, 3.8) is 0 Å². The maximum atomic E-state index is 13.4. The number of nitrogens with zero attached hydrogens (tertiary/aromatic N) is 3. The molecule has 0 amide bonds. The standard InChI is InChI=1S/C27H23F3N4S/c1-17-11-12-21(15-18(17)2)34-25(24(32-26(34)35)22-9-3-4-13-31-22)23-10-6-14-33(23)20-8-5-7-19(16-20)27(28,29)30/h3-16,24-25H,1-2H3,(H,32,35)/t24-,25-/m0/s1. The van der Waals surface area contributed by atoms with Gasteiger partial charge in [0, 0.05) is 29.5 Å². The molecular formula is C27H23F3N4S. The second-order valence-corrected chi connectivity index (χ2v) is 9.00. The van der Waals surface area contributed by atoms with Crippen molar-refractivity contribution >= 4 is 23.0 Å². The Bertz CT molecular complexity index is 1380. The lowest BCUT2D eigenvalue weighted by molar-refractivity contribution is -0.137. The number of hydrogen-bond acceptors (Lipinski definition) is 2. The second-order valence-electron chi connectivity index (χ2n) is 8.62. The van der Waals surface area contributed by atoms with Crippen molar-refractivity contribution in [1.82, 2.24) is 14.9 Å². The fourth-order valence-corrected chi connectivity index (χ4v) is 4.86. The zero-order chi connectivity index (χ0) is 24.7. The summed E-state index contributed by atoms with van der Waals surface area (Å²) in [7, 11) is 0. The molecule has 1 aliphatic rings. The summed E-state index contributed by atoms with van der Waals surface area (Å²) in [6.45, 7) is 4.09. The van der Waals surface area contributed by atoms with Crippen LogP contribution in [-0.2, 0) is 6.18 Å². The highest BCUT2D eigenvalue weighted by atomic mass is 32.1. The molecule has 2 aromatic heterocycles. The highest BCUT2D eigenvalue weighted by molar-refractivity contribution is 7.80. The van der Waals surface area contributed by atoms with Gasteiger partial charge < -0.3 is 14.8 Å². The molecule has 0 radical (unpaired) electrons. The van der Waals surface area contributed by atoms with Crippen LogP contribution in [0.15, 0.2) is 85.2 Å². The van der Waals surface area contributed by atoms with E-state index in [1.54, 1.807) is 23.0 Å². The molecule has 0 bridgehead atoms. The van der Waals surface area contributed by atoms with Crippen molar-refractivity contribution < 1.29 is 13.2 Å². The van der Waals surface area contributed by atoms with Crippen molar-refractivity contribution in [2.45, 2.75) is 32.1 Å². The minimum atomic E-state index is -4.43. The maximum Gasteiger partial charge on any atom is 0.416 e. The average Bonchev–Trinajstić information content (AvgIpc) is 3.45. The van der Waals surface area contributed by atoms with Gasteiger partial charge in [-0.15, -0.1) is 0 Å². The molecular weight excluding hydrogens is 469 g/mol. The van der Waals surface area contributed by atoms with Gasteiger partial charge in [-0.2, -0.15) is 13.2 Å². The van der Waals surface area contributed by atoms with Gasteiger partial charge in [-0.05, 0) is 91.8 Å². The van der Waals surface area contributed by atoms with Gasteiger partial charge in [-0.3, -0.25) is 4.98 Å². The van der Waals surface area contributed by atoms with Crippen molar-refractivity contribution in [1.29, 1.82) is 0 Å². The highest BCUT2D eigenvalue weighted by Gasteiger charge is 2.42.